The summed E-state index contributed by atoms with van der Waals surface area (Å²) in [6.45, 7) is 4.60. The molecule has 0 unspecified atom stereocenters. The van der Waals surface area contributed by atoms with Crippen LogP contribution in [0.25, 0.3) is 16.4 Å². The second kappa shape index (κ2) is 7.95. The summed E-state index contributed by atoms with van der Waals surface area (Å²) in [5.41, 5.74) is 2.38. The summed E-state index contributed by atoms with van der Waals surface area (Å²) in [5.74, 6) is 1.50. The van der Waals surface area contributed by atoms with Gasteiger partial charge >= 0.3 is 0 Å². The fourth-order valence-electron chi connectivity index (χ4n) is 3.66. The Morgan fingerprint density at radius 2 is 1.77 bits per heavy atom. The van der Waals surface area contributed by atoms with Gasteiger partial charge in [-0.15, -0.1) is 21.5 Å². The maximum atomic E-state index is 13.1. The zero-order valence-electron chi connectivity index (χ0n) is 17.3. The molecule has 5 heterocycles. The molecule has 1 amide bonds. The third-order valence-corrected chi connectivity index (χ3v) is 6.25. The molecule has 0 radical (unpaired) electrons. The lowest BCUT2D eigenvalue weighted by atomic mass is 10.2. The number of carbonyl (C=O) groups excluding carboxylic acids is 1. The molecule has 0 atom stereocenters. The largest absolute Gasteiger partial charge is 0.352 e. The predicted octanol–water partition coefficient (Wildman–Crippen LogP) is 2.40. The predicted molar refractivity (Wildman–Crippen MR) is 119 cm³/mol. The Morgan fingerprint density at radius 1 is 1.00 bits per heavy atom. The highest BCUT2D eigenvalue weighted by atomic mass is 32.1. The van der Waals surface area contributed by atoms with Crippen molar-refractivity contribution in [2.75, 3.05) is 31.1 Å². The van der Waals surface area contributed by atoms with Crippen molar-refractivity contribution in [1.29, 1.82) is 0 Å². The summed E-state index contributed by atoms with van der Waals surface area (Å²) in [6.07, 6.45) is 1.87. The lowest BCUT2D eigenvalue weighted by Gasteiger charge is -2.35. The molecule has 0 aromatic carbocycles. The van der Waals surface area contributed by atoms with Crippen molar-refractivity contribution in [2.45, 2.75) is 6.92 Å². The molecule has 0 bridgehead atoms. The van der Waals surface area contributed by atoms with E-state index in [1.165, 1.54) is 0 Å². The molecule has 4 aromatic rings. The first-order chi connectivity index (χ1) is 15.1. The number of rotatable bonds is 4. The Morgan fingerprint density at radius 3 is 2.42 bits per heavy atom. The van der Waals surface area contributed by atoms with E-state index in [-0.39, 0.29) is 5.91 Å². The highest BCUT2D eigenvalue weighted by Crippen LogP contribution is 2.24. The van der Waals surface area contributed by atoms with Crippen LogP contribution in [0, 0.1) is 6.92 Å². The summed E-state index contributed by atoms with van der Waals surface area (Å²) in [6, 6.07) is 11.7. The molecule has 0 saturated carbocycles. The van der Waals surface area contributed by atoms with Crippen LogP contribution in [0.4, 0.5) is 5.82 Å². The van der Waals surface area contributed by atoms with Crippen molar-refractivity contribution in [3.8, 4) is 16.4 Å². The molecular formula is C21H22N8OS. The van der Waals surface area contributed by atoms with Gasteiger partial charge in [0.05, 0.1) is 10.6 Å². The van der Waals surface area contributed by atoms with Gasteiger partial charge in [0.2, 0.25) is 0 Å². The standard InChI is InChI=1S/C21H22N8OS/c1-15-7-8-29(24-15)20-6-5-19(22-23-20)27-9-11-28(12-10-27)21(30)17-14-16(25-26(17)2)18-4-3-13-31-18/h3-8,13-14H,9-12H2,1-2H3. The summed E-state index contributed by atoms with van der Waals surface area (Å²) < 4.78 is 3.38. The molecule has 0 aliphatic carbocycles. The molecule has 10 heteroatoms. The summed E-state index contributed by atoms with van der Waals surface area (Å²) in [7, 11) is 1.82. The van der Waals surface area contributed by atoms with Gasteiger partial charge in [-0.1, -0.05) is 6.07 Å². The van der Waals surface area contributed by atoms with Crippen LogP contribution >= 0.6 is 11.3 Å². The molecule has 5 rings (SSSR count). The van der Waals surface area contributed by atoms with Crippen molar-refractivity contribution < 1.29 is 4.79 Å². The Bertz CT molecular complexity index is 1190. The Hall–Kier alpha value is -3.53. The van der Waals surface area contributed by atoms with E-state index < -0.39 is 0 Å². The molecule has 1 aliphatic rings. The van der Waals surface area contributed by atoms with E-state index in [9.17, 15) is 4.79 Å². The van der Waals surface area contributed by atoms with Crippen molar-refractivity contribution in [1.82, 2.24) is 34.7 Å². The zero-order chi connectivity index (χ0) is 21.4. The molecule has 0 spiro atoms. The number of hydrogen-bond acceptors (Lipinski definition) is 7. The minimum atomic E-state index is 0.00735. The van der Waals surface area contributed by atoms with Gasteiger partial charge in [-0.3, -0.25) is 9.48 Å². The first-order valence-electron chi connectivity index (χ1n) is 10.1. The SMILES string of the molecule is Cc1ccn(-c2ccc(N3CCN(C(=O)c4cc(-c5cccs5)nn4C)CC3)nn2)n1. The van der Waals surface area contributed by atoms with Crippen LogP contribution in [0.15, 0.2) is 48.0 Å². The minimum absolute atomic E-state index is 0.00735. The first-order valence-corrected chi connectivity index (χ1v) is 10.9. The first kappa shape index (κ1) is 19.4. The summed E-state index contributed by atoms with van der Waals surface area (Å²) >= 11 is 1.62. The van der Waals surface area contributed by atoms with Crippen molar-refractivity contribution >= 4 is 23.1 Å². The van der Waals surface area contributed by atoms with Gasteiger partial charge in [0.15, 0.2) is 11.6 Å². The number of hydrogen-bond donors (Lipinski definition) is 0. The van der Waals surface area contributed by atoms with E-state index in [4.69, 9.17) is 0 Å². The number of carbonyl (C=O) groups is 1. The van der Waals surface area contributed by atoms with Crippen molar-refractivity contribution in [3.63, 3.8) is 0 Å². The van der Waals surface area contributed by atoms with Gasteiger partial charge in [-0.2, -0.15) is 10.2 Å². The molecule has 0 N–H and O–H groups in total. The van der Waals surface area contributed by atoms with E-state index in [0.717, 1.165) is 22.1 Å². The number of anilines is 1. The Labute approximate surface area is 183 Å². The average Bonchev–Trinajstić information content (AvgIpc) is 3.55. The monoisotopic (exact) mass is 434 g/mol. The second-order valence-corrected chi connectivity index (χ2v) is 8.39. The molecule has 158 valence electrons. The van der Waals surface area contributed by atoms with Crippen molar-refractivity contribution in [3.05, 3.63) is 59.4 Å². The quantitative estimate of drug-likeness (QED) is 0.490. The summed E-state index contributed by atoms with van der Waals surface area (Å²) in [5, 5.41) is 19.5. The van der Waals surface area contributed by atoms with Crippen LogP contribution in [-0.2, 0) is 7.05 Å². The topological polar surface area (TPSA) is 85.0 Å². The van der Waals surface area contributed by atoms with Crippen LogP contribution in [-0.4, -0.2) is 66.7 Å². The van der Waals surface area contributed by atoms with E-state index in [1.54, 1.807) is 20.7 Å². The van der Waals surface area contributed by atoms with Gasteiger partial charge in [-0.05, 0) is 42.6 Å². The minimum Gasteiger partial charge on any atom is -0.352 e. The van der Waals surface area contributed by atoms with Gasteiger partial charge in [-0.25, -0.2) is 4.68 Å². The van der Waals surface area contributed by atoms with Crippen LogP contribution in [0.2, 0.25) is 0 Å². The third kappa shape index (κ3) is 3.81. The lowest BCUT2D eigenvalue weighted by Crippen LogP contribution is -2.49. The van der Waals surface area contributed by atoms with Crippen LogP contribution in [0.1, 0.15) is 16.2 Å². The lowest BCUT2D eigenvalue weighted by molar-refractivity contribution is 0.0735. The summed E-state index contributed by atoms with van der Waals surface area (Å²) in [4.78, 5) is 18.1. The molecule has 1 saturated heterocycles. The normalized spacial score (nSPS) is 14.3. The van der Waals surface area contributed by atoms with Gasteiger partial charge in [0, 0.05) is 39.4 Å². The van der Waals surface area contributed by atoms with Gasteiger partial charge in [0.1, 0.15) is 11.4 Å². The Balaban J connectivity index is 1.24. The number of aromatic nitrogens is 6. The van der Waals surface area contributed by atoms with E-state index >= 15 is 0 Å². The third-order valence-electron chi connectivity index (χ3n) is 5.36. The molecular weight excluding hydrogens is 412 g/mol. The van der Waals surface area contributed by atoms with Crippen LogP contribution in [0.3, 0.4) is 0 Å². The molecule has 9 nitrogen and oxygen atoms in total. The van der Waals surface area contributed by atoms with Crippen molar-refractivity contribution in [2.24, 2.45) is 7.05 Å². The average molecular weight is 435 g/mol. The van der Waals surface area contributed by atoms with Crippen LogP contribution in [0.5, 0.6) is 0 Å². The molecule has 1 fully saturated rings. The fourth-order valence-corrected chi connectivity index (χ4v) is 4.35. The second-order valence-electron chi connectivity index (χ2n) is 7.45. The number of aryl methyl sites for hydroxylation is 2. The maximum absolute atomic E-state index is 13.1. The van der Waals surface area contributed by atoms with E-state index in [2.05, 4.69) is 25.3 Å². The Kier molecular flexibility index (Phi) is 4.99. The van der Waals surface area contributed by atoms with E-state index in [0.29, 0.717) is 37.7 Å². The zero-order valence-corrected chi connectivity index (χ0v) is 18.2. The number of thiophene rings is 1. The maximum Gasteiger partial charge on any atom is 0.272 e. The van der Waals surface area contributed by atoms with Gasteiger partial charge < -0.3 is 9.80 Å². The van der Waals surface area contributed by atoms with E-state index in [1.807, 2.05) is 66.8 Å². The van der Waals surface area contributed by atoms with Gasteiger partial charge in [0.25, 0.3) is 5.91 Å². The fraction of sp³-hybridized carbons (Fsp3) is 0.286. The molecule has 31 heavy (non-hydrogen) atoms. The smallest absolute Gasteiger partial charge is 0.272 e. The number of piperazine rings is 1. The van der Waals surface area contributed by atoms with Crippen LogP contribution < -0.4 is 4.90 Å². The number of nitrogens with zero attached hydrogens (tertiary/aromatic N) is 8. The highest BCUT2D eigenvalue weighted by molar-refractivity contribution is 7.13. The molecule has 4 aromatic heterocycles. The molecule has 1 aliphatic heterocycles. The highest BCUT2D eigenvalue weighted by Gasteiger charge is 2.25. The number of amides is 1.